The number of aryl methyl sites for hydroxylation is 1. The summed E-state index contributed by atoms with van der Waals surface area (Å²) in [5.74, 6) is 0.0954. The van der Waals surface area contributed by atoms with Gasteiger partial charge >= 0.3 is 0 Å². The zero-order valence-electron chi connectivity index (χ0n) is 18.1. The Hall–Kier alpha value is -3.41. The molecule has 0 aliphatic rings. The first-order valence-electron chi connectivity index (χ1n) is 9.93. The molecule has 0 fully saturated rings. The van der Waals surface area contributed by atoms with Crippen molar-refractivity contribution in [1.82, 2.24) is 14.7 Å². The van der Waals surface area contributed by atoms with Crippen LogP contribution in [0.15, 0.2) is 60.7 Å². The summed E-state index contributed by atoms with van der Waals surface area (Å²) in [5.41, 5.74) is 3.25. The third-order valence-corrected chi connectivity index (χ3v) is 4.77. The van der Waals surface area contributed by atoms with Gasteiger partial charge in [0.15, 0.2) is 0 Å². The Balaban J connectivity index is 1.81. The van der Waals surface area contributed by atoms with E-state index in [-0.39, 0.29) is 23.8 Å². The highest BCUT2D eigenvalue weighted by atomic mass is 16.2. The van der Waals surface area contributed by atoms with Crippen LogP contribution in [-0.2, 0) is 10.2 Å². The van der Waals surface area contributed by atoms with E-state index in [4.69, 9.17) is 5.10 Å². The van der Waals surface area contributed by atoms with Gasteiger partial charge in [-0.2, -0.15) is 5.10 Å². The Morgan fingerprint density at radius 2 is 1.67 bits per heavy atom. The number of hydrogen-bond donors (Lipinski definition) is 1. The second-order valence-electron chi connectivity index (χ2n) is 8.49. The monoisotopic (exact) mass is 404 g/mol. The standard InChI is InChI=1S/C24H28N4O2/c1-17-11-13-19(14-12-17)28-21(15-20(26-28)24(2,3)4)25-22(29)16-27(5)23(30)18-9-7-6-8-10-18/h6-15H,16H2,1-5H3,(H,25,29). The molecule has 3 aromatic rings. The Morgan fingerprint density at radius 3 is 2.27 bits per heavy atom. The van der Waals surface area contributed by atoms with Gasteiger partial charge in [0.1, 0.15) is 5.82 Å². The molecule has 0 radical (unpaired) electrons. The van der Waals surface area contributed by atoms with Crippen molar-refractivity contribution in [2.75, 3.05) is 18.9 Å². The van der Waals surface area contributed by atoms with Gasteiger partial charge in [0.2, 0.25) is 5.91 Å². The molecule has 0 atom stereocenters. The molecular formula is C24H28N4O2. The Bertz CT molecular complexity index is 1030. The van der Waals surface area contributed by atoms with E-state index in [0.29, 0.717) is 11.4 Å². The molecule has 3 rings (SSSR count). The summed E-state index contributed by atoms with van der Waals surface area (Å²) in [6, 6.07) is 18.8. The molecule has 30 heavy (non-hydrogen) atoms. The fourth-order valence-corrected chi connectivity index (χ4v) is 2.99. The predicted octanol–water partition coefficient (Wildman–Crippen LogP) is 4.19. The van der Waals surface area contributed by atoms with Crippen LogP contribution in [0.2, 0.25) is 0 Å². The summed E-state index contributed by atoms with van der Waals surface area (Å²) in [6.07, 6.45) is 0. The third-order valence-electron chi connectivity index (χ3n) is 4.77. The van der Waals surface area contributed by atoms with E-state index in [0.717, 1.165) is 16.9 Å². The Labute approximate surface area is 177 Å². The second-order valence-corrected chi connectivity index (χ2v) is 8.49. The fourth-order valence-electron chi connectivity index (χ4n) is 2.99. The van der Waals surface area contributed by atoms with Crippen LogP contribution in [0.4, 0.5) is 5.82 Å². The minimum Gasteiger partial charge on any atom is -0.332 e. The largest absolute Gasteiger partial charge is 0.332 e. The van der Waals surface area contributed by atoms with E-state index in [1.54, 1.807) is 36.0 Å². The lowest BCUT2D eigenvalue weighted by atomic mass is 9.92. The molecule has 0 unspecified atom stereocenters. The number of hydrogen-bond acceptors (Lipinski definition) is 3. The van der Waals surface area contributed by atoms with Gasteiger partial charge in [0, 0.05) is 24.1 Å². The number of aromatic nitrogens is 2. The summed E-state index contributed by atoms with van der Waals surface area (Å²) >= 11 is 0. The van der Waals surface area contributed by atoms with Crippen LogP contribution < -0.4 is 5.32 Å². The molecule has 0 saturated carbocycles. The number of rotatable bonds is 5. The van der Waals surface area contributed by atoms with Crippen molar-refractivity contribution in [2.45, 2.75) is 33.1 Å². The average Bonchev–Trinajstić information content (AvgIpc) is 3.12. The van der Waals surface area contributed by atoms with Crippen molar-refractivity contribution >= 4 is 17.6 Å². The van der Waals surface area contributed by atoms with E-state index in [9.17, 15) is 9.59 Å². The second kappa shape index (κ2) is 8.53. The molecule has 1 heterocycles. The van der Waals surface area contributed by atoms with Crippen LogP contribution in [0.1, 0.15) is 42.4 Å². The van der Waals surface area contributed by atoms with Gasteiger partial charge < -0.3 is 10.2 Å². The summed E-state index contributed by atoms with van der Waals surface area (Å²) in [7, 11) is 1.62. The van der Waals surface area contributed by atoms with E-state index in [2.05, 4.69) is 26.1 Å². The van der Waals surface area contributed by atoms with Crippen LogP contribution in [0.3, 0.4) is 0 Å². The summed E-state index contributed by atoms with van der Waals surface area (Å²) in [5, 5.41) is 7.64. The van der Waals surface area contributed by atoms with Gasteiger partial charge in [-0.1, -0.05) is 56.7 Å². The summed E-state index contributed by atoms with van der Waals surface area (Å²) in [4.78, 5) is 26.6. The molecule has 6 nitrogen and oxygen atoms in total. The zero-order chi connectivity index (χ0) is 21.9. The van der Waals surface area contributed by atoms with Gasteiger partial charge in [0.25, 0.3) is 5.91 Å². The number of carbonyl (C=O) groups excluding carboxylic acids is 2. The van der Waals surface area contributed by atoms with E-state index in [1.165, 1.54) is 4.90 Å². The summed E-state index contributed by atoms with van der Waals surface area (Å²) < 4.78 is 1.73. The SMILES string of the molecule is Cc1ccc(-n2nc(C(C)(C)C)cc2NC(=O)CN(C)C(=O)c2ccccc2)cc1. The van der Waals surface area contributed by atoms with Gasteiger partial charge in [0.05, 0.1) is 17.9 Å². The van der Waals surface area contributed by atoms with Crippen molar-refractivity contribution in [1.29, 1.82) is 0 Å². The lowest BCUT2D eigenvalue weighted by Crippen LogP contribution is -2.35. The van der Waals surface area contributed by atoms with Gasteiger partial charge in [-0.25, -0.2) is 4.68 Å². The van der Waals surface area contributed by atoms with E-state index in [1.807, 2.05) is 43.3 Å². The molecule has 0 spiro atoms. The van der Waals surface area contributed by atoms with Crippen molar-refractivity contribution in [3.63, 3.8) is 0 Å². The highest BCUT2D eigenvalue weighted by Crippen LogP contribution is 2.26. The number of benzene rings is 2. The van der Waals surface area contributed by atoms with Crippen LogP contribution in [0.25, 0.3) is 5.69 Å². The van der Waals surface area contributed by atoms with Gasteiger partial charge in [-0.05, 0) is 31.2 Å². The number of nitrogens with zero attached hydrogens (tertiary/aromatic N) is 3. The van der Waals surface area contributed by atoms with Gasteiger partial charge in [-0.15, -0.1) is 0 Å². The number of likely N-dealkylation sites (N-methyl/N-ethyl adjacent to an activating group) is 1. The molecule has 2 aromatic carbocycles. The summed E-state index contributed by atoms with van der Waals surface area (Å²) in [6.45, 7) is 8.19. The molecule has 0 saturated heterocycles. The molecule has 1 aromatic heterocycles. The number of carbonyl (C=O) groups is 2. The van der Waals surface area contributed by atoms with E-state index >= 15 is 0 Å². The minimum atomic E-state index is -0.282. The first kappa shape index (κ1) is 21.3. The molecule has 0 bridgehead atoms. The first-order valence-corrected chi connectivity index (χ1v) is 9.93. The maximum absolute atomic E-state index is 12.7. The predicted molar refractivity (Wildman–Crippen MR) is 119 cm³/mol. The lowest BCUT2D eigenvalue weighted by Gasteiger charge is -2.17. The molecular weight excluding hydrogens is 376 g/mol. The average molecular weight is 405 g/mol. The third kappa shape index (κ3) is 4.95. The normalized spacial score (nSPS) is 11.2. The first-order chi connectivity index (χ1) is 14.1. The molecule has 1 N–H and O–H groups in total. The van der Waals surface area contributed by atoms with Crippen molar-refractivity contribution < 1.29 is 9.59 Å². The quantitative estimate of drug-likeness (QED) is 0.693. The highest BCUT2D eigenvalue weighted by molar-refractivity contribution is 5.99. The lowest BCUT2D eigenvalue weighted by molar-refractivity contribution is -0.116. The maximum Gasteiger partial charge on any atom is 0.254 e. The Morgan fingerprint density at radius 1 is 1.03 bits per heavy atom. The molecule has 0 aliphatic heterocycles. The molecule has 156 valence electrons. The Kier molecular flexibility index (Phi) is 6.06. The molecule has 2 amide bonds. The number of amides is 2. The fraction of sp³-hybridized carbons (Fsp3) is 0.292. The van der Waals surface area contributed by atoms with Crippen LogP contribution in [0, 0.1) is 6.92 Å². The number of anilines is 1. The van der Waals surface area contributed by atoms with Crippen molar-refractivity contribution in [2.24, 2.45) is 0 Å². The zero-order valence-corrected chi connectivity index (χ0v) is 18.1. The topological polar surface area (TPSA) is 67.2 Å². The number of nitrogens with one attached hydrogen (secondary N) is 1. The molecule has 6 heteroatoms. The van der Waals surface area contributed by atoms with Gasteiger partial charge in [-0.3, -0.25) is 9.59 Å². The highest BCUT2D eigenvalue weighted by Gasteiger charge is 2.22. The molecule has 0 aliphatic carbocycles. The van der Waals surface area contributed by atoms with Crippen molar-refractivity contribution in [3.05, 3.63) is 77.5 Å². The van der Waals surface area contributed by atoms with Crippen LogP contribution in [0.5, 0.6) is 0 Å². The maximum atomic E-state index is 12.7. The van der Waals surface area contributed by atoms with E-state index < -0.39 is 0 Å². The van der Waals surface area contributed by atoms with Crippen molar-refractivity contribution in [3.8, 4) is 5.69 Å². The smallest absolute Gasteiger partial charge is 0.254 e. The van der Waals surface area contributed by atoms with Crippen LogP contribution >= 0.6 is 0 Å². The minimum absolute atomic E-state index is 0.0579. The van der Waals surface area contributed by atoms with Crippen LogP contribution in [-0.4, -0.2) is 40.1 Å².